The topological polar surface area (TPSA) is 0 Å². The van der Waals surface area contributed by atoms with E-state index in [1.807, 2.05) is 12.1 Å². The van der Waals surface area contributed by atoms with E-state index in [-0.39, 0.29) is 0 Å². The molecule has 1 aromatic carbocycles. The molecule has 0 saturated heterocycles. The molecule has 0 amide bonds. The normalized spacial score (nSPS) is 9.30. The summed E-state index contributed by atoms with van der Waals surface area (Å²) in [6, 6.07) is 9.34. The Hall–Kier alpha value is -1.04. The first kappa shape index (κ1) is 7.07. The molecule has 0 N–H and O–H groups in total. The lowest BCUT2D eigenvalue weighted by molar-refractivity contribution is 1.26. The molecule has 1 aromatic rings. The van der Waals surface area contributed by atoms with Crippen LogP contribution in [0.3, 0.4) is 0 Å². The quantitative estimate of drug-likeness (QED) is 0.541. The first-order valence-electron chi connectivity index (χ1n) is 3.41. The lowest BCUT2D eigenvalue weighted by Crippen LogP contribution is -1.80. The van der Waals surface area contributed by atoms with Gasteiger partial charge in [-0.1, -0.05) is 29.8 Å². The van der Waals surface area contributed by atoms with Gasteiger partial charge in [-0.25, -0.2) is 0 Å². The molecule has 0 bridgehead atoms. The third-order valence-electron chi connectivity index (χ3n) is 1.40. The fourth-order valence-electron chi connectivity index (χ4n) is 0.817. The molecule has 0 aliphatic carbocycles. The fraction of sp³-hybridized carbons (Fsp3) is 0.200. The highest BCUT2D eigenvalue weighted by atomic mass is 13.9. The first-order valence-corrected chi connectivity index (χ1v) is 3.41. The number of rotatable bonds is 2. The van der Waals surface area contributed by atoms with Gasteiger partial charge in [-0.2, -0.15) is 0 Å². The Bertz CT molecular complexity index is 206. The lowest BCUT2D eigenvalue weighted by atomic mass is 10.1. The highest BCUT2D eigenvalue weighted by Crippen LogP contribution is 2.02. The van der Waals surface area contributed by atoms with Gasteiger partial charge >= 0.3 is 0 Å². The molecule has 51 valence electrons. The van der Waals surface area contributed by atoms with Crippen molar-refractivity contribution in [2.75, 3.05) is 0 Å². The number of aryl methyl sites for hydroxylation is 1. The van der Waals surface area contributed by atoms with Crippen LogP contribution >= 0.6 is 0 Å². The van der Waals surface area contributed by atoms with E-state index in [0.29, 0.717) is 0 Å². The summed E-state index contributed by atoms with van der Waals surface area (Å²) in [7, 11) is 0. The zero-order valence-corrected chi connectivity index (χ0v) is 6.22. The number of hydrogen-bond donors (Lipinski definition) is 0. The van der Waals surface area contributed by atoms with E-state index >= 15 is 0 Å². The summed E-state index contributed by atoms with van der Waals surface area (Å²) in [5, 5.41) is 0. The predicted octanol–water partition coefficient (Wildman–Crippen LogP) is 2.52. The van der Waals surface area contributed by atoms with Gasteiger partial charge in [0.15, 0.2) is 0 Å². The maximum atomic E-state index is 3.66. The molecule has 1 radical (unpaired) electrons. The van der Waals surface area contributed by atoms with E-state index in [1.165, 1.54) is 11.1 Å². The summed E-state index contributed by atoms with van der Waals surface area (Å²) in [5.41, 5.74) is 2.47. The van der Waals surface area contributed by atoms with E-state index in [9.17, 15) is 0 Å². The van der Waals surface area contributed by atoms with E-state index in [0.717, 1.165) is 6.42 Å². The molecule has 10 heavy (non-hydrogen) atoms. The van der Waals surface area contributed by atoms with Crippen LogP contribution in [0.2, 0.25) is 0 Å². The van der Waals surface area contributed by atoms with Crippen LogP contribution in [0.1, 0.15) is 11.1 Å². The van der Waals surface area contributed by atoms with Crippen molar-refractivity contribution in [2.45, 2.75) is 13.3 Å². The van der Waals surface area contributed by atoms with Gasteiger partial charge in [-0.3, -0.25) is 0 Å². The van der Waals surface area contributed by atoms with E-state index in [4.69, 9.17) is 0 Å². The SMILES string of the molecule is C=CCc1[c]cc(C)cc1. The van der Waals surface area contributed by atoms with Gasteiger partial charge in [0.1, 0.15) is 0 Å². The second kappa shape index (κ2) is 3.21. The summed E-state index contributed by atoms with van der Waals surface area (Å²) in [6.07, 6.45) is 2.81. The molecule has 0 nitrogen and oxygen atoms in total. The molecule has 0 saturated carbocycles. The maximum Gasteiger partial charge on any atom is -0.00940 e. The Labute approximate surface area is 62.2 Å². The van der Waals surface area contributed by atoms with Crippen molar-refractivity contribution in [3.63, 3.8) is 0 Å². The molecule has 0 aliphatic heterocycles. The molecule has 1 rings (SSSR count). The molecule has 0 spiro atoms. The van der Waals surface area contributed by atoms with Crippen LogP contribution in [0.25, 0.3) is 0 Å². The maximum absolute atomic E-state index is 3.66. The Kier molecular flexibility index (Phi) is 2.27. The van der Waals surface area contributed by atoms with E-state index in [2.05, 4.69) is 31.7 Å². The minimum absolute atomic E-state index is 0.917. The standard InChI is InChI=1S/C10H11/c1-3-4-10-7-5-9(2)6-8-10/h3,5-7H,1,4H2,2H3. The Morgan fingerprint density at radius 3 is 2.90 bits per heavy atom. The molecule has 0 heteroatoms. The third kappa shape index (κ3) is 1.73. The number of hydrogen-bond acceptors (Lipinski definition) is 0. The van der Waals surface area contributed by atoms with Crippen LogP contribution in [0.4, 0.5) is 0 Å². The summed E-state index contributed by atoms with van der Waals surface area (Å²) < 4.78 is 0. The summed E-state index contributed by atoms with van der Waals surface area (Å²) in [4.78, 5) is 0. The van der Waals surface area contributed by atoms with E-state index in [1.54, 1.807) is 0 Å². The Balaban J connectivity index is 2.78. The van der Waals surface area contributed by atoms with Gasteiger partial charge < -0.3 is 0 Å². The monoisotopic (exact) mass is 131 g/mol. The zero-order valence-electron chi connectivity index (χ0n) is 6.22. The molecule has 0 aliphatic rings. The zero-order chi connectivity index (χ0) is 7.40. The van der Waals surface area contributed by atoms with Gasteiger partial charge in [0.05, 0.1) is 0 Å². The first-order chi connectivity index (χ1) is 4.83. The van der Waals surface area contributed by atoms with Gasteiger partial charge in [0.25, 0.3) is 0 Å². The largest absolute Gasteiger partial charge is 0.103 e. The van der Waals surface area contributed by atoms with Crippen LogP contribution in [0.5, 0.6) is 0 Å². The van der Waals surface area contributed by atoms with Crippen LogP contribution in [0.15, 0.2) is 30.9 Å². The van der Waals surface area contributed by atoms with Crippen molar-refractivity contribution in [1.29, 1.82) is 0 Å². The Morgan fingerprint density at radius 2 is 2.40 bits per heavy atom. The van der Waals surface area contributed by atoms with Crippen molar-refractivity contribution < 1.29 is 0 Å². The van der Waals surface area contributed by atoms with Gasteiger partial charge in [0, 0.05) is 0 Å². The molecule has 0 aromatic heterocycles. The fourth-order valence-corrected chi connectivity index (χ4v) is 0.817. The van der Waals surface area contributed by atoms with Gasteiger partial charge in [0.2, 0.25) is 0 Å². The highest BCUT2D eigenvalue weighted by molar-refractivity contribution is 5.21. The predicted molar refractivity (Wildman–Crippen MR) is 43.9 cm³/mol. The van der Waals surface area contributed by atoms with Crippen molar-refractivity contribution in [2.24, 2.45) is 0 Å². The molecule has 0 fully saturated rings. The molecule has 0 atom stereocenters. The van der Waals surface area contributed by atoms with Gasteiger partial charge in [-0.05, 0) is 25.0 Å². The van der Waals surface area contributed by atoms with Crippen LogP contribution in [-0.4, -0.2) is 0 Å². The molecular weight excluding hydrogens is 120 g/mol. The summed E-state index contributed by atoms with van der Waals surface area (Å²) in [5.74, 6) is 0. The van der Waals surface area contributed by atoms with E-state index < -0.39 is 0 Å². The minimum atomic E-state index is 0.917. The third-order valence-corrected chi connectivity index (χ3v) is 1.40. The highest BCUT2D eigenvalue weighted by Gasteiger charge is 1.87. The second-order valence-electron chi connectivity index (χ2n) is 2.38. The second-order valence-corrected chi connectivity index (χ2v) is 2.38. The molecule has 0 heterocycles. The molecule has 0 unspecified atom stereocenters. The van der Waals surface area contributed by atoms with Crippen molar-refractivity contribution in [1.82, 2.24) is 0 Å². The van der Waals surface area contributed by atoms with Crippen LogP contribution in [0, 0.1) is 13.0 Å². The lowest BCUT2D eigenvalue weighted by Gasteiger charge is -1.94. The van der Waals surface area contributed by atoms with Crippen LogP contribution in [-0.2, 0) is 6.42 Å². The van der Waals surface area contributed by atoms with Crippen LogP contribution < -0.4 is 0 Å². The summed E-state index contributed by atoms with van der Waals surface area (Å²) >= 11 is 0. The van der Waals surface area contributed by atoms with Crippen molar-refractivity contribution >= 4 is 0 Å². The smallest absolute Gasteiger partial charge is 0.00940 e. The summed E-state index contributed by atoms with van der Waals surface area (Å²) in [6.45, 7) is 5.72. The number of allylic oxidation sites excluding steroid dienone is 1. The number of benzene rings is 1. The molecular formula is C10H11. The van der Waals surface area contributed by atoms with Gasteiger partial charge in [-0.15, -0.1) is 6.58 Å². The average Bonchev–Trinajstić information content (AvgIpc) is 1.95. The van der Waals surface area contributed by atoms with Crippen molar-refractivity contribution in [3.8, 4) is 0 Å². The Morgan fingerprint density at radius 1 is 1.60 bits per heavy atom. The minimum Gasteiger partial charge on any atom is -0.103 e. The average molecular weight is 131 g/mol. The van der Waals surface area contributed by atoms with Crippen molar-refractivity contribution in [3.05, 3.63) is 48.0 Å².